The van der Waals surface area contributed by atoms with Crippen molar-refractivity contribution < 1.29 is 9.53 Å². The predicted octanol–water partition coefficient (Wildman–Crippen LogP) is 2.36. The lowest BCUT2D eigenvalue weighted by molar-refractivity contribution is -0.128. The van der Waals surface area contributed by atoms with E-state index >= 15 is 0 Å². The summed E-state index contributed by atoms with van der Waals surface area (Å²) in [5.74, 6) is 0.564. The first-order valence-electron chi connectivity index (χ1n) is 8.29. The number of amides is 1. The average molecular weight is 282 g/mol. The molecule has 0 radical (unpaired) electrons. The SMILES string of the molecule is CC1CCCC(N)(C(=O)NCCOC2CCCCC2)C1. The molecule has 0 aromatic heterocycles. The van der Waals surface area contributed by atoms with Gasteiger partial charge in [-0.15, -0.1) is 0 Å². The van der Waals surface area contributed by atoms with Gasteiger partial charge in [-0.05, 0) is 31.6 Å². The molecule has 2 atom stereocenters. The van der Waals surface area contributed by atoms with Crippen LogP contribution < -0.4 is 11.1 Å². The van der Waals surface area contributed by atoms with Crippen molar-refractivity contribution in [1.82, 2.24) is 5.32 Å². The zero-order valence-electron chi connectivity index (χ0n) is 12.8. The number of carbonyl (C=O) groups is 1. The van der Waals surface area contributed by atoms with Crippen LogP contribution in [0.5, 0.6) is 0 Å². The molecule has 0 aromatic rings. The Hall–Kier alpha value is -0.610. The number of hydrogen-bond acceptors (Lipinski definition) is 3. The van der Waals surface area contributed by atoms with Gasteiger partial charge in [-0.2, -0.15) is 0 Å². The number of nitrogens with two attached hydrogens (primary N) is 1. The number of ether oxygens (including phenoxy) is 1. The molecule has 20 heavy (non-hydrogen) atoms. The fraction of sp³-hybridized carbons (Fsp3) is 0.938. The number of nitrogens with one attached hydrogen (secondary N) is 1. The number of rotatable bonds is 5. The Labute approximate surface area is 122 Å². The molecule has 0 bridgehead atoms. The van der Waals surface area contributed by atoms with Gasteiger partial charge in [0.05, 0.1) is 18.2 Å². The fourth-order valence-corrected chi connectivity index (χ4v) is 3.60. The first-order chi connectivity index (χ1) is 9.60. The molecule has 2 saturated carbocycles. The van der Waals surface area contributed by atoms with Gasteiger partial charge in [0.15, 0.2) is 0 Å². The van der Waals surface area contributed by atoms with Crippen LogP contribution in [-0.4, -0.2) is 30.7 Å². The summed E-state index contributed by atoms with van der Waals surface area (Å²) < 4.78 is 5.82. The minimum absolute atomic E-state index is 0.0105. The Kier molecular flexibility index (Phi) is 5.85. The third-order valence-electron chi connectivity index (χ3n) is 4.78. The van der Waals surface area contributed by atoms with Crippen LogP contribution in [-0.2, 0) is 9.53 Å². The van der Waals surface area contributed by atoms with E-state index < -0.39 is 5.54 Å². The van der Waals surface area contributed by atoms with Crippen LogP contribution >= 0.6 is 0 Å². The second kappa shape index (κ2) is 7.41. The molecule has 116 valence electrons. The lowest BCUT2D eigenvalue weighted by Crippen LogP contribution is -2.56. The maximum absolute atomic E-state index is 12.2. The first kappa shape index (κ1) is 15.8. The lowest BCUT2D eigenvalue weighted by atomic mass is 9.76. The van der Waals surface area contributed by atoms with Crippen molar-refractivity contribution in [3.63, 3.8) is 0 Å². The van der Waals surface area contributed by atoms with Gasteiger partial charge in [-0.25, -0.2) is 0 Å². The van der Waals surface area contributed by atoms with Gasteiger partial charge in [0.25, 0.3) is 0 Å². The van der Waals surface area contributed by atoms with Gasteiger partial charge < -0.3 is 15.8 Å². The molecule has 2 aliphatic carbocycles. The van der Waals surface area contributed by atoms with Crippen LogP contribution in [0.4, 0.5) is 0 Å². The molecule has 0 saturated heterocycles. The Bertz CT molecular complexity index is 316. The van der Waals surface area contributed by atoms with Crippen molar-refractivity contribution in [1.29, 1.82) is 0 Å². The highest BCUT2D eigenvalue weighted by molar-refractivity contribution is 5.86. The summed E-state index contributed by atoms with van der Waals surface area (Å²) in [6.45, 7) is 3.38. The first-order valence-corrected chi connectivity index (χ1v) is 8.29. The molecule has 2 unspecified atom stereocenters. The third-order valence-corrected chi connectivity index (χ3v) is 4.78. The number of carbonyl (C=O) groups excluding carboxylic acids is 1. The molecule has 1 amide bonds. The summed E-state index contributed by atoms with van der Waals surface area (Å²) in [6.07, 6.45) is 10.5. The van der Waals surface area contributed by atoms with Crippen LogP contribution in [0.1, 0.15) is 64.7 Å². The zero-order valence-corrected chi connectivity index (χ0v) is 12.8. The summed E-state index contributed by atoms with van der Waals surface area (Å²) in [4.78, 5) is 12.2. The normalized spacial score (nSPS) is 32.0. The monoisotopic (exact) mass is 282 g/mol. The highest BCUT2D eigenvalue weighted by atomic mass is 16.5. The topological polar surface area (TPSA) is 64.4 Å². The second-order valence-electron chi connectivity index (χ2n) is 6.74. The summed E-state index contributed by atoms with van der Waals surface area (Å²) in [5, 5.41) is 2.96. The van der Waals surface area contributed by atoms with E-state index in [0.717, 1.165) is 19.3 Å². The summed E-state index contributed by atoms with van der Waals surface area (Å²) in [5.41, 5.74) is 5.61. The van der Waals surface area contributed by atoms with E-state index in [-0.39, 0.29) is 5.91 Å². The van der Waals surface area contributed by atoms with Crippen molar-refractivity contribution >= 4 is 5.91 Å². The molecule has 0 spiro atoms. The zero-order chi connectivity index (χ0) is 14.4. The van der Waals surface area contributed by atoms with E-state index in [1.165, 1.54) is 38.5 Å². The minimum Gasteiger partial charge on any atom is -0.376 e. The Morgan fingerprint density at radius 2 is 2.00 bits per heavy atom. The Morgan fingerprint density at radius 1 is 1.25 bits per heavy atom. The summed E-state index contributed by atoms with van der Waals surface area (Å²) >= 11 is 0. The van der Waals surface area contributed by atoms with Crippen molar-refractivity contribution in [3.05, 3.63) is 0 Å². The van der Waals surface area contributed by atoms with E-state index in [1.807, 2.05) is 0 Å². The molecule has 2 fully saturated rings. The van der Waals surface area contributed by atoms with Gasteiger partial charge in [-0.1, -0.05) is 39.0 Å². The van der Waals surface area contributed by atoms with Crippen LogP contribution in [0.25, 0.3) is 0 Å². The van der Waals surface area contributed by atoms with Gasteiger partial charge in [0.1, 0.15) is 0 Å². The maximum atomic E-state index is 12.2. The molecule has 4 heteroatoms. The number of hydrogen-bond donors (Lipinski definition) is 2. The molecule has 0 aromatic carbocycles. The van der Waals surface area contributed by atoms with Crippen LogP contribution in [0.2, 0.25) is 0 Å². The van der Waals surface area contributed by atoms with Crippen LogP contribution in [0.3, 0.4) is 0 Å². The second-order valence-corrected chi connectivity index (χ2v) is 6.74. The largest absolute Gasteiger partial charge is 0.376 e. The van der Waals surface area contributed by atoms with E-state index in [4.69, 9.17) is 10.5 Å². The van der Waals surface area contributed by atoms with Crippen molar-refractivity contribution in [2.45, 2.75) is 76.4 Å². The Morgan fingerprint density at radius 3 is 2.70 bits per heavy atom. The lowest BCUT2D eigenvalue weighted by Gasteiger charge is -2.35. The van der Waals surface area contributed by atoms with Crippen LogP contribution in [0.15, 0.2) is 0 Å². The summed E-state index contributed by atoms with van der Waals surface area (Å²) in [7, 11) is 0. The highest BCUT2D eigenvalue weighted by Crippen LogP contribution is 2.30. The van der Waals surface area contributed by atoms with Gasteiger partial charge in [-0.3, -0.25) is 4.79 Å². The molecule has 3 N–H and O–H groups in total. The molecule has 2 rings (SSSR count). The average Bonchev–Trinajstić information content (AvgIpc) is 2.44. The van der Waals surface area contributed by atoms with Gasteiger partial charge in [0.2, 0.25) is 5.91 Å². The standard InChI is InChI=1S/C16H30N2O2/c1-13-6-5-9-16(17,12-13)15(19)18-10-11-20-14-7-3-2-4-8-14/h13-14H,2-12,17H2,1H3,(H,18,19). The third kappa shape index (κ3) is 4.45. The van der Waals surface area contributed by atoms with E-state index in [9.17, 15) is 4.79 Å². The Balaban J connectivity index is 1.64. The fourth-order valence-electron chi connectivity index (χ4n) is 3.60. The molecule has 0 aliphatic heterocycles. The predicted molar refractivity (Wildman–Crippen MR) is 80.4 cm³/mol. The molecule has 4 nitrogen and oxygen atoms in total. The maximum Gasteiger partial charge on any atom is 0.240 e. The molecule has 0 heterocycles. The van der Waals surface area contributed by atoms with E-state index in [2.05, 4.69) is 12.2 Å². The van der Waals surface area contributed by atoms with Crippen LogP contribution in [0, 0.1) is 5.92 Å². The van der Waals surface area contributed by atoms with Crippen molar-refractivity contribution in [3.8, 4) is 0 Å². The smallest absolute Gasteiger partial charge is 0.240 e. The van der Waals surface area contributed by atoms with E-state index in [1.54, 1.807) is 0 Å². The highest BCUT2D eigenvalue weighted by Gasteiger charge is 2.37. The summed E-state index contributed by atoms with van der Waals surface area (Å²) in [6, 6.07) is 0. The minimum atomic E-state index is -0.650. The van der Waals surface area contributed by atoms with Crippen molar-refractivity contribution in [2.75, 3.05) is 13.2 Å². The van der Waals surface area contributed by atoms with Crippen molar-refractivity contribution in [2.24, 2.45) is 11.7 Å². The quantitative estimate of drug-likeness (QED) is 0.761. The van der Waals surface area contributed by atoms with Gasteiger partial charge >= 0.3 is 0 Å². The van der Waals surface area contributed by atoms with Gasteiger partial charge in [0, 0.05) is 6.54 Å². The van der Waals surface area contributed by atoms with E-state index in [0.29, 0.717) is 25.2 Å². The molecular weight excluding hydrogens is 252 g/mol. The molecular formula is C16H30N2O2. The molecule has 2 aliphatic rings.